The van der Waals surface area contributed by atoms with Gasteiger partial charge in [-0.1, -0.05) is 152 Å². The summed E-state index contributed by atoms with van der Waals surface area (Å²) in [5.41, 5.74) is 17.3. The quantitative estimate of drug-likeness (QED) is 0.185. The van der Waals surface area contributed by atoms with Crippen LogP contribution < -0.4 is 4.90 Å². The van der Waals surface area contributed by atoms with Gasteiger partial charge in [-0.15, -0.1) is 0 Å². The SMILES string of the molecule is C1=Cc2ccccc2C2(c3ccccc31)c1ccccc1-c1cc(N(c3ccc(-c4ccccc4)cc3)c3ccc4oc5ccccc5c4c3)ccc12. The van der Waals surface area contributed by atoms with E-state index in [2.05, 4.69) is 193 Å². The molecule has 0 fully saturated rings. The highest BCUT2D eigenvalue weighted by atomic mass is 16.3. The van der Waals surface area contributed by atoms with Crippen molar-refractivity contribution in [2.45, 2.75) is 5.41 Å². The Hall–Kier alpha value is -6.90. The summed E-state index contributed by atoms with van der Waals surface area (Å²) in [4.78, 5) is 2.39. The van der Waals surface area contributed by atoms with E-state index in [1.54, 1.807) is 0 Å². The molecule has 11 rings (SSSR count). The first-order valence-electron chi connectivity index (χ1n) is 18.3. The molecule has 2 heteroatoms. The van der Waals surface area contributed by atoms with E-state index in [-0.39, 0.29) is 0 Å². The standard InChI is InChI=1S/C51H33NO/c1-2-12-34(13-3-1)35-24-26-38(27-25-35)52(40-29-31-50-44(33-40)42-17-7-11-21-49(42)53-50)39-28-30-48-43(32-39)41-16-6-10-20-47(41)51(48)45-18-8-4-14-36(45)22-23-37-15-5-9-19-46(37)51/h1-33H. The van der Waals surface area contributed by atoms with Crippen LogP contribution in [0.4, 0.5) is 17.1 Å². The van der Waals surface area contributed by atoms with Crippen LogP contribution in [0.15, 0.2) is 192 Å². The van der Waals surface area contributed by atoms with E-state index in [4.69, 9.17) is 4.42 Å². The fourth-order valence-corrected chi connectivity index (χ4v) is 9.02. The van der Waals surface area contributed by atoms with E-state index in [0.29, 0.717) is 0 Å². The van der Waals surface area contributed by atoms with Crippen molar-refractivity contribution in [3.63, 3.8) is 0 Å². The molecular weight excluding hydrogens is 643 g/mol. The van der Waals surface area contributed by atoms with Gasteiger partial charge in [0.25, 0.3) is 0 Å². The highest BCUT2D eigenvalue weighted by Gasteiger charge is 2.48. The lowest BCUT2D eigenvalue weighted by Crippen LogP contribution is -2.29. The number of hydrogen-bond acceptors (Lipinski definition) is 2. The molecule has 0 saturated heterocycles. The molecule has 0 N–H and O–H groups in total. The van der Waals surface area contributed by atoms with Crippen LogP contribution >= 0.6 is 0 Å². The highest BCUT2D eigenvalue weighted by molar-refractivity contribution is 6.06. The molecule has 9 aromatic rings. The fraction of sp³-hybridized carbons (Fsp3) is 0.0196. The third-order valence-corrected chi connectivity index (χ3v) is 11.3. The van der Waals surface area contributed by atoms with E-state index in [1.807, 2.05) is 12.1 Å². The van der Waals surface area contributed by atoms with Gasteiger partial charge in [0.05, 0.1) is 5.41 Å². The average Bonchev–Trinajstić information content (AvgIpc) is 3.69. The second kappa shape index (κ2) is 11.6. The van der Waals surface area contributed by atoms with Gasteiger partial charge in [-0.3, -0.25) is 0 Å². The van der Waals surface area contributed by atoms with Crippen molar-refractivity contribution < 1.29 is 4.42 Å². The van der Waals surface area contributed by atoms with Crippen molar-refractivity contribution in [1.29, 1.82) is 0 Å². The Labute approximate surface area is 308 Å². The first-order chi connectivity index (χ1) is 26.3. The molecule has 2 aliphatic carbocycles. The van der Waals surface area contributed by atoms with Gasteiger partial charge in [0.1, 0.15) is 11.2 Å². The zero-order valence-electron chi connectivity index (χ0n) is 28.9. The summed E-state index contributed by atoms with van der Waals surface area (Å²) in [5, 5.41) is 2.22. The van der Waals surface area contributed by atoms with Gasteiger partial charge in [-0.25, -0.2) is 0 Å². The van der Waals surface area contributed by atoms with E-state index in [0.717, 1.165) is 39.0 Å². The van der Waals surface area contributed by atoms with Gasteiger partial charge in [-0.2, -0.15) is 0 Å². The van der Waals surface area contributed by atoms with Crippen molar-refractivity contribution in [3.05, 3.63) is 221 Å². The molecule has 0 unspecified atom stereocenters. The number of hydrogen-bond donors (Lipinski definition) is 0. The zero-order chi connectivity index (χ0) is 34.9. The molecule has 0 aliphatic heterocycles. The van der Waals surface area contributed by atoms with Crippen LogP contribution in [0.2, 0.25) is 0 Å². The summed E-state index contributed by atoms with van der Waals surface area (Å²) in [5.74, 6) is 0. The van der Waals surface area contributed by atoms with Crippen LogP contribution in [0.3, 0.4) is 0 Å². The first kappa shape index (κ1) is 29.8. The Morgan fingerprint density at radius 1 is 0.358 bits per heavy atom. The fourth-order valence-electron chi connectivity index (χ4n) is 9.02. The van der Waals surface area contributed by atoms with Gasteiger partial charge < -0.3 is 9.32 Å². The lowest BCUT2D eigenvalue weighted by atomic mass is 9.66. The second-order valence-corrected chi connectivity index (χ2v) is 14.1. The maximum Gasteiger partial charge on any atom is 0.135 e. The van der Waals surface area contributed by atoms with E-state index in [9.17, 15) is 0 Å². The lowest BCUT2D eigenvalue weighted by Gasteiger charge is -2.35. The van der Waals surface area contributed by atoms with Crippen molar-refractivity contribution in [2.75, 3.05) is 4.90 Å². The van der Waals surface area contributed by atoms with Crippen molar-refractivity contribution >= 4 is 51.2 Å². The Kier molecular flexibility index (Phi) is 6.50. The predicted octanol–water partition coefficient (Wildman–Crippen LogP) is 13.6. The molecule has 1 spiro atoms. The molecular formula is C51H33NO. The number of benzene rings is 8. The summed E-state index contributed by atoms with van der Waals surface area (Å²) in [7, 11) is 0. The topological polar surface area (TPSA) is 16.4 Å². The normalized spacial score (nSPS) is 13.4. The number of rotatable bonds is 4. The third-order valence-electron chi connectivity index (χ3n) is 11.3. The largest absolute Gasteiger partial charge is 0.456 e. The van der Waals surface area contributed by atoms with Crippen LogP contribution in [0, 0.1) is 0 Å². The molecule has 1 aromatic heterocycles. The lowest BCUT2D eigenvalue weighted by molar-refractivity contribution is 0.669. The van der Waals surface area contributed by atoms with E-state index >= 15 is 0 Å². The minimum absolute atomic E-state index is 0.460. The molecule has 1 heterocycles. The summed E-state index contributed by atoms with van der Waals surface area (Å²) >= 11 is 0. The molecule has 53 heavy (non-hydrogen) atoms. The Balaban J connectivity index is 1.15. The molecule has 0 bridgehead atoms. The molecule has 0 saturated carbocycles. The maximum absolute atomic E-state index is 6.27. The molecule has 2 aliphatic rings. The van der Waals surface area contributed by atoms with Crippen LogP contribution in [-0.4, -0.2) is 0 Å². The Morgan fingerprint density at radius 3 is 1.68 bits per heavy atom. The van der Waals surface area contributed by atoms with Crippen molar-refractivity contribution in [3.8, 4) is 22.3 Å². The second-order valence-electron chi connectivity index (χ2n) is 14.1. The summed E-state index contributed by atoms with van der Waals surface area (Å²) < 4.78 is 6.27. The van der Waals surface area contributed by atoms with Crippen molar-refractivity contribution in [1.82, 2.24) is 0 Å². The predicted molar refractivity (Wildman–Crippen MR) is 220 cm³/mol. The third kappa shape index (κ3) is 4.39. The van der Waals surface area contributed by atoms with Gasteiger partial charge in [0, 0.05) is 27.8 Å². The van der Waals surface area contributed by atoms with Gasteiger partial charge in [0.15, 0.2) is 0 Å². The summed E-state index contributed by atoms with van der Waals surface area (Å²) in [6, 6.07) is 68.4. The van der Waals surface area contributed by atoms with Gasteiger partial charge in [0.2, 0.25) is 0 Å². The first-order valence-corrected chi connectivity index (χ1v) is 18.3. The minimum Gasteiger partial charge on any atom is -0.456 e. The van der Waals surface area contributed by atoms with Crippen LogP contribution in [0.1, 0.15) is 33.4 Å². The molecule has 2 nitrogen and oxygen atoms in total. The zero-order valence-corrected chi connectivity index (χ0v) is 28.9. The van der Waals surface area contributed by atoms with Gasteiger partial charge >= 0.3 is 0 Å². The van der Waals surface area contributed by atoms with Gasteiger partial charge in [-0.05, 0) is 104 Å². The van der Waals surface area contributed by atoms with Crippen LogP contribution in [-0.2, 0) is 5.41 Å². The smallest absolute Gasteiger partial charge is 0.135 e. The highest BCUT2D eigenvalue weighted by Crippen LogP contribution is 2.59. The molecule has 0 atom stereocenters. The maximum atomic E-state index is 6.27. The number of furan rings is 1. The van der Waals surface area contributed by atoms with Crippen LogP contribution in [0.5, 0.6) is 0 Å². The number of fused-ring (bicyclic) bond motifs is 12. The van der Waals surface area contributed by atoms with E-state index in [1.165, 1.54) is 55.6 Å². The van der Waals surface area contributed by atoms with Crippen LogP contribution in [0.25, 0.3) is 56.3 Å². The molecule has 248 valence electrons. The summed E-state index contributed by atoms with van der Waals surface area (Å²) in [6.45, 7) is 0. The number of anilines is 3. The van der Waals surface area contributed by atoms with E-state index < -0.39 is 5.41 Å². The minimum atomic E-state index is -0.460. The molecule has 0 radical (unpaired) electrons. The number of para-hydroxylation sites is 1. The summed E-state index contributed by atoms with van der Waals surface area (Å²) in [6.07, 6.45) is 4.57. The average molecular weight is 676 g/mol. The monoisotopic (exact) mass is 675 g/mol. The van der Waals surface area contributed by atoms with Crippen molar-refractivity contribution in [2.24, 2.45) is 0 Å². The molecule has 8 aromatic carbocycles. The Bertz CT molecular complexity index is 2850. The number of nitrogens with zero attached hydrogens (tertiary/aromatic N) is 1. The molecule has 0 amide bonds. The Morgan fingerprint density at radius 2 is 0.906 bits per heavy atom.